The van der Waals surface area contributed by atoms with Crippen molar-refractivity contribution in [3.05, 3.63) is 168 Å². The molecule has 9 fully saturated rings. The largest absolute Gasteiger partial charge is 0.444 e. The van der Waals surface area contributed by atoms with E-state index in [-0.39, 0.29) is 93.4 Å². The number of aliphatic hydroxyl groups is 2. The molecular weight excluding hydrogens is 1830 g/mol. The van der Waals surface area contributed by atoms with Gasteiger partial charge in [-0.2, -0.15) is 0 Å². The highest BCUT2D eigenvalue weighted by Crippen LogP contribution is 2.51. The molecule has 11 N–H and O–H groups in total. The summed E-state index contributed by atoms with van der Waals surface area (Å²) in [5, 5.41) is 40.4. The molecular formula is C102H140N12O21S3. The fourth-order valence-corrected chi connectivity index (χ4v) is 23.9. The third kappa shape index (κ3) is 26.4. The zero-order chi connectivity index (χ0) is 99.2. The van der Waals surface area contributed by atoms with E-state index in [1.165, 1.54) is 4.90 Å². The summed E-state index contributed by atoms with van der Waals surface area (Å²) in [6, 6.07) is 31.7. The summed E-state index contributed by atoms with van der Waals surface area (Å²) < 4.78 is 99.6. The zero-order valence-electron chi connectivity index (χ0n) is 80.8. The molecule has 6 aliphatic carbocycles. The van der Waals surface area contributed by atoms with Gasteiger partial charge in [-0.1, -0.05) is 190 Å². The van der Waals surface area contributed by atoms with Crippen molar-refractivity contribution < 1.29 is 97.6 Å². The number of nitrogens with one attached hydrogen (secondary N) is 9. The molecule has 0 spiro atoms. The van der Waals surface area contributed by atoms with Gasteiger partial charge in [0.2, 0.25) is 53.7 Å². The number of rotatable bonds is 16. The Bertz CT molecular complexity index is 5550. The fraction of sp³-hybridized carbons (Fsp3) is 0.608. The van der Waals surface area contributed by atoms with Crippen LogP contribution in [-0.4, -0.2) is 228 Å². The number of sulfonamides is 3. The lowest BCUT2D eigenvalue weighted by Crippen LogP contribution is -2.58. The third-order valence-corrected chi connectivity index (χ3v) is 33.6. The van der Waals surface area contributed by atoms with Gasteiger partial charge in [0.1, 0.15) is 68.8 Å². The molecule has 33 nitrogen and oxygen atoms in total. The summed E-state index contributed by atoms with van der Waals surface area (Å²) in [7, 11) is -11.3. The van der Waals surface area contributed by atoms with Gasteiger partial charge in [0.15, 0.2) is 0 Å². The summed E-state index contributed by atoms with van der Waals surface area (Å²) in [4.78, 5) is 141. The van der Waals surface area contributed by atoms with Gasteiger partial charge < -0.3 is 71.0 Å². The normalized spacial score (nSPS) is 30.8. The fourth-order valence-electron chi connectivity index (χ4n) is 19.8. The van der Waals surface area contributed by atoms with Crippen molar-refractivity contribution in [2.75, 3.05) is 32.7 Å². The van der Waals surface area contributed by atoms with Crippen LogP contribution in [0.4, 0.5) is 14.4 Å². The van der Waals surface area contributed by atoms with Crippen molar-refractivity contribution in [2.24, 2.45) is 17.8 Å². The number of allylic oxidation sites excluding steroid dienone is 3. The number of fused-ring (bicyclic) bond motifs is 6. The second-order valence-electron chi connectivity index (χ2n) is 42.8. The number of ether oxygens (including phenoxy) is 3. The monoisotopic (exact) mass is 1960 g/mol. The standard InChI is InChI=1S/C38H50N4O7S.C32H44N4O7S.C32H46N4O7S/c1-36(2,3)49-35(45)40-32-15-11-6-4-5-10-14-29-22-38(29,34(44)41-50(47,48)31-20-21-31)39-24-30-23-37(46,25-42(30)33(32)43)28-18-16-27(17-19-28)26-12-8-7-9-13-26;1-31(2,3)43-30(40)33-25-15-11-6-4-5-10-14-23-19-32(23,29(39)35-44(41,42)24-16-17-24)34-27(37)26-18-22(20-36(26)28(25)38)21-12-8-7-9-13-21;1-30(2,3)43-29(39)34-26-15-11-6-4-5-8-14-23-18-32(23,28(38)35-44(41,42)25-16-17-25)33-20-24-19-31(40,21-36(24)27(26)37)22-12-9-7-10-13-22/h7-10,12-14,16-19,29-32,39,46H,4-6,11,15,20-25H2,1-3H3,(H,40,45)(H,41,44);7-10,12-14,22-26H,4-6,11,15-20H2,1-3H3,(H,33,40)(H,34,37)(H,35,39);7-10,12-14,23-26,33,40H,4-6,11,15-21H2,1-3H3,(H,34,39)(H,35,38)/b2*14-10-;14-8-/t29-,30+,32+,37+,38-;22-,23?,25+,26+,32-;23-,24+,26+,31+,32-/m111/s1. The smallest absolute Gasteiger partial charge is 0.408 e. The minimum Gasteiger partial charge on any atom is -0.444 e. The summed E-state index contributed by atoms with van der Waals surface area (Å²) in [5.41, 5.74) is -4.38. The van der Waals surface area contributed by atoms with Gasteiger partial charge in [0.05, 0.1) is 28.8 Å². The minimum atomic E-state index is -3.83. The summed E-state index contributed by atoms with van der Waals surface area (Å²) in [6.45, 7) is 16.3. The molecule has 12 aliphatic rings. The zero-order valence-corrected chi connectivity index (χ0v) is 83.2. The molecule has 6 heterocycles. The van der Waals surface area contributed by atoms with Gasteiger partial charge in [-0.05, 0) is 212 Å². The lowest BCUT2D eigenvalue weighted by Gasteiger charge is -2.31. The lowest BCUT2D eigenvalue weighted by atomic mass is 9.89. The van der Waals surface area contributed by atoms with Crippen LogP contribution < -0.4 is 46.1 Å². The molecule has 36 heteroatoms. The number of benzene rings is 4. The van der Waals surface area contributed by atoms with Gasteiger partial charge in [0, 0.05) is 68.2 Å². The van der Waals surface area contributed by atoms with Crippen LogP contribution in [0.25, 0.3) is 11.1 Å². The second-order valence-corrected chi connectivity index (χ2v) is 48.7. The summed E-state index contributed by atoms with van der Waals surface area (Å²) in [5.74, 6) is -4.38. The van der Waals surface area contributed by atoms with Crippen LogP contribution in [-0.2, 0) is 89.0 Å². The molecule has 0 bridgehead atoms. The molecule has 16 rings (SSSR count). The van der Waals surface area contributed by atoms with Gasteiger partial charge >= 0.3 is 18.3 Å². The summed E-state index contributed by atoms with van der Waals surface area (Å²) in [6.07, 6.45) is 25.4. The molecule has 4 aromatic rings. The highest BCUT2D eigenvalue weighted by molar-refractivity contribution is 7.91. The van der Waals surface area contributed by atoms with E-state index in [1.54, 1.807) is 72.1 Å². The Labute approximate surface area is 811 Å². The molecule has 752 valence electrons. The van der Waals surface area contributed by atoms with Crippen LogP contribution in [0.5, 0.6) is 0 Å². The van der Waals surface area contributed by atoms with E-state index in [0.717, 1.165) is 74.5 Å². The number of alkyl carbamates (subject to hydrolysis) is 3. The number of carbonyl (C=O) groups excluding carboxylic acids is 10. The van der Waals surface area contributed by atoms with Crippen molar-refractivity contribution in [1.82, 2.24) is 60.8 Å². The van der Waals surface area contributed by atoms with Crippen LogP contribution in [0, 0.1) is 17.8 Å². The molecule has 15 atom stereocenters. The maximum Gasteiger partial charge on any atom is 0.408 e. The van der Waals surface area contributed by atoms with Crippen LogP contribution in [0.2, 0.25) is 0 Å². The first-order valence-electron chi connectivity index (χ1n) is 49.3. The molecule has 4 aromatic carbocycles. The van der Waals surface area contributed by atoms with Crippen molar-refractivity contribution in [2.45, 2.75) is 338 Å². The summed E-state index contributed by atoms with van der Waals surface area (Å²) >= 11 is 0. The minimum absolute atomic E-state index is 0.00722. The Morgan fingerprint density at radius 1 is 0.399 bits per heavy atom. The van der Waals surface area contributed by atoms with E-state index < -0.39 is 169 Å². The van der Waals surface area contributed by atoms with Crippen LogP contribution >= 0.6 is 0 Å². The quantitative estimate of drug-likeness (QED) is 0.0367. The van der Waals surface area contributed by atoms with Crippen molar-refractivity contribution >= 4 is 89.7 Å². The lowest BCUT2D eigenvalue weighted by molar-refractivity contribution is -0.141. The average molecular weight is 1970 g/mol. The molecule has 6 saturated carbocycles. The Balaban J connectivity index is 0.000000166. The van der Waals surface area contributed by atoms with Crippen LogP contribution in [0.3, 0.4) is 0 Å². The number of hydrogen-bond donors (Lipinski definition) is 11. The average Bonchev–Trinajstić information content (AvgIpc) is 1.59. The molecule has 138 heavy (non-hydrogen) atoms. The topological polar surface area (TPSA) is 459 Å². The van der Waals surface area contributed by atoms with Crippen LogP contribution in [0.15, 0.2) is 152 Å². The van der Waals surface area contributed by atoms with Gasteiger partial charge in [-0.15, -0.1) is 0 Å². The molecule has 10 amide bonds. The SMILES string of the molecule is CC(C)(C)OC(=O)N[C@H]1CCCCC/C=C\C2C[C@@]2(C(=O)NS(=O)(=O)C2CC2)NC(=O)[C@@H]2C[C@@H](c3ccccc3)CN2C1=O.CC(C)(C)OC(=O)N[C@H]1CCCCC/C=C\[C@@H]2C[C@@]2(C(=O)NS(=O)(=O)C2CC2)NC[C@@H]2C[C@@](O)(c3ccc(-c4ccccc4)cc3)CN2C1=O.CC(C)(C)OC(=O)N[C@H]1CCCCC/C=C\[C@@H]2C[C@@]2(C(=O)NS(=O)(=O)C2CC2)NC[C@@H]2C[C@@](O)(c3ccccc3)CN2C1=O. The predicted molar refractivity (Wildman–Crippen MR) is 519 cm³/mol. The van der Waals surface area contributed by atoms with Gasteiger partial charge in [-0.3, -0.25) is 47.7 Å². The van der Waals surface area contributed by atoms with Gasteiger partial charge in [0.25, 0.3) is 17.7 Å². The predicted octanol–water partition coefficient (Wildman–Crippen LogP) is 10.6. The number of nitrogens with zero attached hydrogens (tertiary/aromatic N) is 3. The highest BCUT2D eigenvalue weighted by atomic mass is 32.2. The number of amides is 10. The number of carbonyl (C=O) groups is 10. The van der Waals surface area contributed by atoms with E-state index in [0.29, 0.717) is 107 Å². The van der Waals surface area contributed by atoms with E-state index in [2.05, 4.69) is 46.1 Å². The maximum atomic E-state index is 14.4. The molecule has 6 aliphatic heterocycles. The Kier molecular flexibility index (Phi) is 31.8. The van der Waals surface area contributed by atoms with Crippen molar-refractivity contribution in [3.63, 3.8) is 0 Å². The Morgan fingerprint density at radius 2 is 0.732 bits per heavy atom. The van der Waals surface area contributed by atoms with Gasteiger partial charge in [-0.25, -0.2) is 39.6 Å². The first-order valence-corrected chi connectivity index (χ1v) is 54.0. The van der Waals surface area contributed by atoms with E-state index in [4.69, 9.17) is 14.2 Å². The molecule has 0 radical (unpaired) electrons. The van der Waals surface area contributed by atoms with E-state index in [9.17, 15) is 83.4 Å². The number of hydrogen-bond acceptors (Lipinski definition) is 23. The second kappa shape index (κ2) is 42.4. The van der Waals surface area contributed by atoms with E-state index in [1.807, 2.05) is 152 Å². The first kappa shape index (κ1) is 104. The molecule has 1 unspecified atom stereocenters. The third-order valence-electron chi connectivity index (χ3n) is 28.1. The van der Waals surface area contributed by atoms with Crippen molar-refractivity contribution in [3.8, 4) is 11.1 Å². The van der Waals surface area contributed by atoms with E-state index >= 15 is 0 Å². The highest BCUT2D eigenvalue weighted by Gasteiger charge is 2.65. The Morgan fingerprint density at radius 3 is 1.11 bits per heavy atom. The Hall–Kier alpha value is -10.1. The van der Waals surface area contributed by atoms with Crippen molar-refractivity contribution in [1.29, 1.82) is 0 Å². The van der Waals surface area contributed by atoms with Crippen LogP contribution in [0.1, 0.15) is 258 Å². The molecule has 0 aromatic heterocycles. The molecule has 3 saturated heterocycles. The first-order chi connectivity index (χ1) is 65.2. The maximum absolute atomic E-state index is 14.4.